The summed E-state index contributed by atoms with van der Waals surface area (Å²) in [5, 5.41) is 7.84. The number of aromatic amines is 1. The van der Waals surface area contributed by atoms with Crippen LogP contribution in [0.15, 0.2) is 48.7 Å². The van der Waals surface area contributed by atoms with Gasteiger partial charge in [0.05, 0.1) is 0 Å². The van der Waals surface area contributed by atoms with Crippen LogP contribution >= 0.6 is 11.6 Å². The fourth-order valence-corrected chi connectivity index (χ4v) is 6.68. The van der Waals surface area contributed by atoms with Crippen LogP contribution < -0.4 is 15.5 Å². The minimum absolute atomic E-state index is 0.110. The monoisotopic (exact) mass is 578 g/mol. The summed E-state index contributed by atoms with van der Waals surface area (Å²) in [6.45, 7) is 6.98. The standard InChI is InChI=1S/C32H43ClN6O2/c1-22(27-19-35-28-10-6-5-9-26(27)28)30(36-32(41)34-13-16-38-14-7-4-8-15-38)31(40)39-21-23(20-37(2)3)17-24-18-25(33)11-12-29(24)39/h5-6,9-12,18-19,22-23,30,35H,4,7-8,13-17,20-21H2,1-3H3,(H2,34,36,41)/t22?,23-,30?/m1/s1. The van der Waals surface area contributed by atoms with E-state index in [-0.39, 0.29) is 23.8 Å². The number of urea groups is 1. The highest BCUT2D eigenvalue weighted by Crippen LogP contribution is 2.35. The molecule has 5 rings (SSSR count). The topological polar surface area (TPSA) is 83.7 Å². The second kappa shape index (κ2) is 13.3. The number of rotatable bonds is 9. The molecule has 3 N–H and O–H groups in total. The van der Waals surface area contributed by atoms with E-state index in [2.05, 4.69) is 45.6 Å². The first-order valence-corrected chi connectivity index (χ1v) is 15.2. The molecule has 1 fully saturated rings. The Labute approximate surface area is 248 Å². The van der Waals surface area contributed by atoms with E-state index in [9.17, 15) is 9.59 Å². The van der Waals surface area contributed by atoms with Gasteiger partial charge in [0.1, 0.15) is 6.04 Å². The van der Waals surface area contributed by atoms with Crippen LogP contribution in [-0.2, 0) is 11.2 Å². The molecular formula is C32H43ClN6O2. The maximum absolute atomic E-state index is 14.5. The average molecular weight is 579 g/mol. The molecule has 2 unspecified atom stereocenters. The fraction of sp³-hybridized carbons (Fsp3) is 0.500. The van der Waals surface area contributed by atoms with Gasteiger partial charge >= 0.3 is 6.03 Å². The molecule has 3 aromatic rings. The van der Waals surface area contributed by atoms with Crippen LogP contribution in [0, 0.1) is 5.92 Å². The molecule has 0 spiro atoms. The van der Waals surface area contributed by atoms with Crippen LogP contribution in [0.1, 0.15) is 43.2 Å². The summed E-state index contributed by atoms with van der Waals surface area (Å²) in [7, 11) is 4.11. The summed E-state index contributed by atoms with van der Waals surface area (Å²) in [5.74, 6) is -0.125. The lowest BCUT2D eigenvalue weighted by Gasteiger charge is -2.38. The molecule has 2 aliphatic heterocycles. The van der Waals surface area contributed by atoms with E-state index in [0.717, 1.165) is 60.3 Å². The number of anilines is 1. The summed E-state index contributed by atoms with van der Waals surface area (Å²) in [6, 6.07) is 12.8. The number of fused-ring (bicyclic) bond motifs is 2. The number of hydrogen-bond acceptors (Lipinski definition) is 4. The van der Waals surface area contributed by atoms with E-state index in [1.165, 1.54) is 19.3 Å². The van der Waals surface area contributed by atoms with Gasteiger partial charge in [0.15, 0.2) is 0 Å². The SMILES string of the molecule is CC(c1c[nH]c2ccccc12)C(NC(=O)NCCN1CCCCC1)C(=O)N1C[C@@H](CN(C)C)Cc2cc(Cl)ccc21. The zero-order valence-corrected chi connectivity index (χ0v) is 25.2. The first kappa shape index (κ1) is 29.4. The van der Waals surface area contributed by atoms with Gasteiger partial charge in [-0.05, 0) is 87.8 Å². The third-order valence-corrected chi connectivity index (χ3v) is 8.73. The van der Waals surface area contributed by atoms with Crippen molar-refractivity contribution < 1.29 is 9.59 Å². The van der Waals surface area contributed by atoms with Gasteiger partial charge in [0.25, 0.3) is 0 Å². The highest BCUT2D eigenvalue weighted by Gasteiger charge is 2.37. The number of aromatic nitrogens is 1. The lowest BCUT2D eigenvalue weighted by atomic mass is 9.88. The van der Waals surface area contributed by atoms with E-state index in [1.54, 1.807) is 0 Å². The Morgan fingerprint density at radius 3 is 2.68 bits per heavy atom. The summed E-state index contributed by atoms with van der Waals surface area (Å²) >= 11 is 6.38. The number of H-pyrrole nitrogens is 1. The van der Waals surface area contributed by atoms with Gasteiger partial charge in [-0.1, -0.05) is 43.1 Å². The molecular weight excluding hydrogens is 536 g/mol. The molecule has 2 aromatic carbocycles. The number of piperidine rings is 1. The van der Waals surface area contributed by atoms with E-state index < -0.39 is 6.04 Å². The molecule has 0 aliphatic carbocycles. The van der Waals surface area contributed by atoms with Gasteiger partial charge in [0, 0.05) is 59.9 Å². The molecule has 3 amide bonds. The van der Waals surface area contributed by atoms with Crippen molar-refractivity contribution in [2.75, 3.05) is 58.3 Å². The molecule has 2 aliphatic rings. The molecule has 41 heavy (non-hydrogen) atoms. The van der Waals surface area contributed by atoms with Crippen LogP contribution in [0.4, 0.5) is 10.5 Å². The second-order valence-corrected chi connectivity index (χ2v) is 12.3. The van der Waals surface area contributed by atoms with Crippen LogP contribution in [0.25, 0.3) is 10.9 Å². The molecule has 9 heteroatoms. The Bertz CT molecular complexity index is 1350. The normalized spacial score (nSPS) is 19.1. The molecule has 1 saturated heterocycles. The van der Waals surface area contributed by atoms with Gasteiger partial charge in [-0.2, -0.15) is 0 Å². The Morgan fingerprint density at radius 1 is 1.12 bits per heavy atom. The first-order chi connectivity index (χ1) is 19.8. The van der Waals surface area contributed by atoms with Gasteiger partial charge in [-0.15, -0.1) is 0 Å². The molecule has 0 bridgehead atoms. The summed E-state index contributed by atoms with van der Waals surface area (Å²) in [4.78, 5) is 37.6. The molecule has 3 atom stereocenters. The molecule has 3 heterocycles. The van der Waals surface area contributed by atoms with Crippen molar-refractivity contribution in [2.45, 2.75) is 44.6 Å². The Morgan fingerprint density at radius 2 is 1.90 bits per heavy atom. The maximum atomic E-state index is 14.5. The predicted octanol–water partition coefficient (Wildman–Crippen LogP) is 4.85. The van der Waals surface area contributed by atoms with Gasteiger partial charge in [-0.3, -0.25) is 4.79 Å². The number of benzene rings is 2. The highest BCUT2D eigenvalue weighted by molar-refractivity contribution is 6.30. The third kappa shape index (κ3) is 7.05. The van der Waals surface area contributed by atoms with Crippen molar-refractivity contribution in [1.82, 2.24) is 25.4 Å². The average Bonchev–Trinajstić information content (AvgIpc) is 3.39. The lowest BCUT2D eigenvalue weighted by molar-refractivity contribution is -0.121. The Kier molecular flexibility index (Phi) is 9.53. The minimum atomic E-state index is -0.758. The van der Waals surface area contributed by atoms with Crippen LogP contribution in [0.3, 0.4) is 0 Å². The van der Waals surface area contributed by atoms with Crippen molar-refractivity contribution in [3.8, 4) is 0 Å². The quantitative estimate of drug-likeness (QED) is 0.339. The number of carbonyl (C=O) groups excluding carboxylic acids is 2. The van der Waals surface area contributed by atoms with Gasteiger partial charge in [-0.25, -0.2) is 4.79 Å². The minimum Gasteiger partial charge on any atom is -0.361 e. The molecule has 0 saturated carbocycles. The number of para-hydroxylation sites is 1. The van der Waals surface area contributed by atoms with Crippen molar-refractivity contribution in [1.29, 1.82) is 0 Å². The number of nitrogens with zero attached hydrogens (tertiary/aromatic N) is 3. The van der Waals surface area contributed by atoms with Crippen molar-refractivity contribution >= 4 is 40.1 Å². The zero-order valence-electron chi connectivity index (χ0n) is 24.5. The van der Waals surface area contributed by atoms with E-state index in [1.807, 2.05) is 54.4 Å². The van der Waals surface area contributed by atoms with Crippen molar-refractivity contribution in [3.63, 3.8) is 0 Å². The van der Waals surface area contributed by atoms with Crippen molar-refractivity contribution in [2.24, 2.45) is 5.92 Å². The van der Waals surface area contributed by atoms with Gasteiger partial charge in [0.2, 0.25) is 5.91 Å². The van der Waals surface area contributed by atoms with Gasteiger partial charge < -0.3 is 30.3 Å². The smallest absolute Gasteiger partial charge is 0.315 e. The summed E-state index contributed by atoms with van der Waals surface area (Å²) < 4.78 is 0. The van der Waals surface area contributed by atoms with Crippen molar-refractivity contribution in [3.05, 3.63) is 64.8 Å². The largest absolute Gasteiger partial charge is 0.361 e. The summed E-state index contributed by atoms with van der Waals surface area (Å²) in [5.41, 5.74) is 3.95. The van der Waals surface area contributed by atoms with Crippen LogP contribution in [0.5, 0.6) is 0 Å². The van der Waals surface area contributed by atoms with E-state index >= 15 is 0 Å². The highest BCUT2D eigenvalue weighted by atomic mass is 35.5. The third-order valence-electron chi connectivity index (χ3n) is 8.50. The molecule has 220 valence electrons. The Hall–Kier alpha value is -3.07. The molecule has 0 radical (unpaired) electrons. The lowest BCUT2D eigenvalue weighted by Crippen LogP contribution is -2.56. The predicted molar refractivity (Wildman–Crippen MR) is 167 cm³/mol. The summed E-state index contributed by atoms with van der Waals surface area (Å²) in [6.07, 6.45) is 6.51. The zero-order chi connectivity index (χ0) is 28.9. The number of carbonyl (C=O) groups is 2. The second-order valence-electron chi connectivity index (χ2n) is 11.9. The number of likely N-dealkylation sites (tertiary alicyclic amines) is 1. The van der Waals surface area contributed by atoms with Crippen LogP contribution in [-0.4, -0.2) is 86.1 Å². The molecule has 1 aromatic heterocycles. The fourth-order valence-electron chi connectivity index (χ4n) is 6.48. The number of amides is 3. The number of nitrogens with one attached hydrogen (secondary N) is 3. The van der Waals surface area contributed by atoms with Crippen LogP contribution in [0.2, 0.25) is 5.02 Å². The maximum Gasteiger partial charge on any atom is 0.315 e. The number of hydrogen-bond donors (Lipinski definition) is 3. The number of halogens is 1. The first-order valence-electron chi connectivity index (χ1n) is 14.9. The Balaban J connectivity index is 1.40. The molecule has 8 nitrogen and oxygen atoms in total. The van der Waals surface area contributed by atoms with E-state index in [0.29, 0.717) is 18.1 Å². The van der Waals surface area contributed by atoms with E-state index in [4.69, 9.17) is 11.6 Å².